The largest absolute Gasteiger partial charge is 0.510 e. The standard InChI is InChI=1S/C30H37N3O10/c1-13-15-5-4-14(12-33-8-6-29(7-9-33)42-10-11-43-29)22(34)17(15)23(35)18-16(13)24(36)20-21(32(2)3)25(37)19(28(31)40)27(39)30(20,41)26(18)38/h4-5,13,16,20-21,24,34,36-38,41H,6-12H2,1-3H3,(H2,31,40)/t13-,16+,20+,21-,24-,30-/m0/s1. The second kappa shape index (κ2) is 10.1. The predicted molar refractivity (Wildman–Crippen MR) is 149 cm³/mol. The number of aliphatic hydroxyl groups is 4. The molecule has 2 saturated heterocycles. The Kier molecular flexibility index (Phi) is 6.99. The molecule has 232 valence electrons. The second-order valence-corrected chi connectivity index (χ2v) is 12.5. The number of nitrogens with two attached hydrogens (primary N) is 1. The number of benzene rings is 1. The second-order valence-electron chi connectivity index (χ2n) is 12.5. The van der Waals surface area contributed by atoms with E-state index in [4.69, 9.17) is 15.2 Å². The number of primary amides is 1. The van der Waals surface area contributed by atoms with Gasteiger partial charge in [0.05, 0.1) is 36.8 Å². The number of ether oxygens (including phenoxy) is 2. The number of Topliss-reactive ketones (excluding diaryl/α,β-unsaturated/α-hetero) is 2. The molecule has 3 aliphatic carbocycles. The number of amides is 1. The van der Waals surface area contributed by atoms with E-state index in [0.717, 1.165) is 0 Å². The number of aromatic hydroxyl groups is 1. The number of nitrogens with zero attached hydrogens (tertiary/aromatic N) is 2. The molecule has 2 fully saturated rings. The Labute approximate surface area is 247 Å². The highest BCUT2D eigenvalue weighted by Gasteiger charge is 2.67. The van der Waals surface area contributed by atoms with E-state index in [9.17, 15) is 39.9 Å². The zero-order valence-electron chi connectivity index (χ0n) is 24.2. The molecule has 0 radical (unpaired) electrons. The van der Waals surface area contributed by atoms with Crippen molar-refractivity contribution in [3.63, 3.8) is 0 Å². The summed E-state index contributed by atoms with van der Waals surface area (Å²) in [5, 5.41) is 57.4. The number of carbonyl (C=O) groups excluding carboxylic acids is 3. The SMILES string of the molecule is C[C@H]1c2ccc(CN3CCC4(CC3)OCCO4)c(O)c2C(=O)C2=C(O)[C@]3(O)C(=O)C(C(N)=O)=C(O)[C@@H](N(C)C)[C@@H]3[C@@H](O)[C@@H]21. The molecule has 2 aliphatic heterocycles. The lowest BCUT2D eigenvalue weighted by molar-refractivity contribution is -0.185. The van der Waals surface area contributed by atoms with E-state index in [2.05, 4.69) is 4.90 Å². The van der Waals surface area contributed by atoms with Gasteiger partial charge in [0.1, 0.15) is 22.8 Å². The van der Waals surface area contributed by atoms with Crippen LogP contribution in [-0.2, 0) is 25.6 Å². The molecule has 0 unspecified atom stereocenters. The lowest BCUT2D eigenvalue weighted by atomic mass is 9.55. The number of piperidine rings is 1. The van der Waals surface area contributed by atoms with Crippen molar-refractivity contribution in [1.82, 2.24) is 9.80 Å². The van der Waals surface area contributed by atoms with Gasteiger partial charge >= 0.3 is 0 Å². The van der Waals surface area contributed by atoms with Crippen LogP contribution in [0.5, 0.6) is 5.75 Å². The topological polar surface area (TPSA) is 203 Å². The Balaban J connectivity index is 1.41. The van der Waals surface area contributed by atoms with Gasteiger partial charge in [-0.15, -0.1) is 0 Å². The average molecular weight is 600 g/mol. The van der Waals surface area contributed by atoms with Gasteiger partial charge in [0.2, 0.25) is 5.78 Å². The highest BCUT2D eigenvalue weighted by molar-refractivity contribution is 6.25. The lowest BCUT2D eigenvalue weighted by Gasteiger charge is -2.53. The summed E-state index contributed by atoms with van der Waals surface area (Å²) in [6, 6.07) is 2.14. The molecule has 1 aromatic carbocycles. The molecule has 1 amide bonds. The molecule has 6 rings (SSSR count). The Morgan fingerprint density at radius 2 is 1.74 bits per heavy atom. The fourth-order valence-electron chi connectivity index (χ4n) is 7.87. The third kappa shape index (κ3) is 4.10. The number of hydrogen-bond donors (Lipinski definition) is 6. The molecule has 0 aromatic heterocycles. The summed E-state index contributed by atoms with van der Waals surface area (Å²) in [4.78, 5) is 43.3. The molecule has 0 bridgehead atoms. The van der Waals surface area contributed by atoms with Gasteiger partial charge in [-0.3, -0.25) is 24.2 Å². The number of carbonyl (C=O) groups is 3. The molecule has 0 saturated carbocycles. The number of hydrogen-bond acceptors (Lipinski definition) is 12. The molecular formula is C30H37N3O10. The van der Waals surface area contributed by atoms with E-state index in [0.29, 0.717) is 56.8 Å². The first-order valence-electron chi connectivity index (χ1n) is 14.4. The first-order valence-corrected chi connectivity index (χ1v) is 14.4. The minimum Gasteiger partial charge on any atom is -0.510 e. The van der Waals surface area contributed by atoms with Crippen molar-refractivity contribution in [3.8, 4) is 5.75 Å². The molecule has 1 spiro atoms. The Morgan fingerprint density at radius 3 is 2.33 bits per heavy atom. The maximum Gasteiger partial charge on any atom is 0.255 e. The number of aliphatic hydroxyl groups excluding tert-OH is 3. The zero-order chi connectivity index (χ0) is 31.2. The predicted octanol–water partition coefficient (Wildman–Crippen LogP) is -0.00870. The van der Waals surface area contributed by atoms with Gasteiger partial charge in [-0.25, -0.2) is 0 Å². The number of phenolic OH excluding ortho intramolecular Hbond substituents is 1. The normalized spacial score (nSPS) is 34.0. The number of ketones is 2. The van der Waals surface area contributed by atoms with Crippen LogP contribution in [-0.4, -0.2) is 117 Å². The number of phenols is 1. The molecule has 43 heavy (non-hydrogen) atoms. The van der Waals surface area contributed by atoms with Crippen molar-refractivity contribution in [2.45, 2.75) is 55.8 Å². The van der Waals surface area contributed by atoms with Crippen LogP contribution in [0.25, 0.3) is 0 Å². The average Bonchev–Trinajstić information content (AvgIpc) is 3.40. The van der Waals surface area contributed by atoms with Crippen molar-refractivity contribution in [1.29, 1.82) is 0 Å². The van der Waals surface area contributed by atoms with Crippen molar-refractivity contribution < 1.29 is 49.4 Å². The van der Waals surface area contributed by atoms with Gasteiger partial charge in [-0.05, 0) is 25.6 Å². The molecule has 5 aliphatic rings. The van der Waals surface area contributed by atoms with Gasteiger partial charge < -0.3 is 40.7 Å². The van der Waals surface area contributed by atoms with Gasteiger partial charge in [0.25, 0.3) is 5.91 Å². The van der Waals surface area contributed by atoms with E-state index in [1.807, 2.05) is 0 Å². The van der Waals surface area contributed by atoms with Gasteiger partial charge in [-0.1, -0.05) is 19.1 Å². The highest BCUT2D eigenvalue weighted by atomic mass is 16.7. The minimum absolute atomic E-state index is 0.0890. The van der Waals surface area contributed by atoms with Crippen LogP contribution in [0.2, 0.25) is 0 Å². The molecule has 13 heteroatoms. The van der Waals surface area contributed by atoms with E-state index >= 15 is 0 Å². The van der Waals surface area contributed by atoms with Crippen LogP contribution >= 0.6 is 0 Å². The summed E-state index contributed by atoms with van der Waals surface area (Å²) >= 11 is 0. The fraction of sp³-hybridized carbons (Fsp3) is 0.567. The lowest BCUT2D eigenvalue weighted by Crippen LogP contribution is -2.68. The molecule has 2 heterocycles. The number of fused-ring (bicyclic) bond motifs is 3. The van der Waals surface area contributed by atoms with Crippen LogP contribution in [0.3, 0.4) is 0 Å². The molecule has 1 aromatic rings. The Hall–Kier alpha value is -3.33. The minimum atomic E-state index is -2.94. The zero-order valence-corrected chi connectivity index (χ0v) is 24.2. The molecular weight excluding hydrogens is 562 g/mol. The van der Waals surface area contributed by atoms with Crippen LogP contribution in [0, 0.1) is 11.8 Å². The van der Waals surface area contributed by atoms with Crippen LogP contribution in [0.4, 0.5) is 0 Å². The third-order valence-corrected chi connectivity index (χ3v) is 10.0. The van der Waals surface area contributed by atoms with Crippen LogP contribution in [0.1, 0.15) is 47.2 Å². The quantitative estimate of drug-likeness (QED) is 0.253. The van der Waals surface area contributed by atoms with Gasteiger partial charge in [0.15, 0.2) is 17.2 Å². The number of rotatable bonds is 4. The summed E-state index contributed by atoms with van der Waals surface area (Å²) in [5.74, 6) is -9.52. The van der Waals surface area contributed by atoms with Crippen molar-refractivity contribution in [3.05, 3.63) is 51.5 Å². The summed E-state index contributed by atoms with van der Waals surface area (Å²) in [6.45, 7) is 4.45. The fourth-order valence-corrected chi connectivity index (χ4v) is 7.87. The summed E-state index contributed by atoms with van der Waals surface area (Å²) in [6.07, 6.45) is -0.305. The van der Waals surface area contributed by atoms with E-state index < -0.39 is 81.4 Å². The van der Waals surface area contributed by atoms with E-state index in [-0.39, 0.29) is 11.3 Å². The Morgan fingerprint density at radius 1 is 1.12 bits per heavy atom. The monoisotopic (exact) mass is 599 g/mol. The maximum atomic E-state index is 14.1. The molecule has 6 atom stereocenters. The highest BCUT2D eigenvalue weighted by Crippen LogP contribution is 2.55. The smallest absolute Gasteiger partial charge is 0.255 e. The Bertz CT molecular complexity index is 1470. The number of likely N-dealkylation sites (tertiary alicyclic amines) is 1. The first-order chi connectivity index (χ1) is 20.2. The summed E-state index contributed by atoms with van der Waals surface area (Å²) in [7, 11) is 3.00. The van der Waals surface area contributed by atoms with Crippen molar-refractivity contribution in [2.24, 2.45) is 17.6 Å². The van der Waals surface area contributed by atoms with Gasteiger partial charge in [0, 0.05) is 49.5 Å². The third-order valence-electron chi connectivity index (χ3n) is 10.0. The first kappa shape index (κ1) is 29.7. The molecule has 13 nitrogen and oxygen atoms in total. The van der Waals surface area contributed by atoms with E-state index in [1.165, 1.54) is 19.0 Å². The molecule has 7 N–H and O–H groups in total. The number of likely N-dealkylation sites (N-methyl/N-ethyl adjacent to an activating group) is 1. The maximum absolute atomic E-state index is 14.1. The summed E-state index contributed by atoms with van der Waals surface area (Å²) in [5.41, 5.74) is 1.91. The van der Waals surface area contributed by atoms with E-state index in [1.54, 1.807) is 19.1 Å². The van der Waals surface area contributed by atoms with Crippen molar-refractivity contribution in [2.75, 3.05) is 40.4 Å². The van der Waals surface area contributed by atoms with Gasteiger partial charge in [-0.2, -0.15) is 0 Å². The van der Waals surface area contributed by atoms with Crippen molar-refractivity contribution >= 4 is 17.5 Å². The van der Waals surface area contributed by atoms with Crippen LogP contribution in [0.15, 0.2) is 34.8 Å². The van der Waals surface area contributed by atoms with Crippen LogP contribution < -0.4 is 5.73 Å². The summed E-state index contributed by atoms with van der Waals surface area (Å²) < 4.78 is 11.6.